The number of nitrogens with zero attached hydrogens (tertiary/aromatic N) is 3. The van der Waals surface area contributed by atoms with Crippen LogP contribution in [0.5, 0.6) is 0 Å². The Kier molecular flexibility index (Phi) is 7.58. The molecule has 3 N–H and O–H groups in total. The second-order valence-corrected chi connectivity index (χ2v) is 11.7. The molecule has 4 atom stereocenters. The molecule has 3 aromatic rings. The van der Waals surface area contributed by atoms with E-state index in [2.05, 4.69) is 37.1 Å². The predicted octanol–water partition coefficient (Wildman–Crippen LogP) is 4.11. The van der Waals surface area contributed by atoms with Crippen molar-refractivity contribution in [2.24, 2.45) is 11.0 Å². The van der Waals surface area contributed by atoms with Crippen LogP contribution in [0, 0.1) is 17.6 Å². The van der Waals surface area contributed by atoms with Crippen LogP contribution < -0.4 is 21.1 Å². The molecule has 2 saturated heterocycles. The molecule has 40 heavy (non-hydrogen) atoms. The van der Waals surface area contributed by atoms with Crippen LogP contribution in [0.3, 0.4) is 0 Å². The summed E-state index contributed by atoms with van der Waals surface area (Å²) in [7, 11) is 0. The van der Waals surface area contributed by atoms with Crippen molar-refractivity contribution < 1.29 is 18.4 Å². The molecule has 3 aliphatic rings. The van der Waals surface area contributed by atoms with Gasteiger partial charge in [0.1, 0.15) is 23.3 Å². The van der Waals surface area contributed by atoms with Gasteiger partial charge in [0.05, 0.1) is 29.1 Å². The number of thioether (sulfide) groups is 1. The van der Waals surface area contributed by atoms with E-state index in [1.165, 1.54) is 41.0 Å². The Morgan fingerprint density at radius 3 is 2.38 bits per heavy atom. The molecule has 3 heterocycles. The van der Waals surface area contributed by atoms with Crippen molar-refractivity contribution in [3.8, 4) is 0 Å². The van der Waals surface area contributed by atoms with Gasteiger partial charge in [0.25, 0.3) is 5.91 Å². The molecule has 8 nitrogen and oxygen atoms in total. The van der Waals surface area contributed by atoms with Crippen molar-refractivity contribution in [2.45, 2.75) is 24.1 Å². The fraction of sp³-hybridized carbons (Fsp3) is 0.250. The highest BCUT2D eigenvalue weighted by atomic mass is 79.9. The Bertz CT molecular complexity index is 1440. The van der Waals surface area contributed by atoms with Gasteiger partial charge in [-0.2, -0.15) is 5.10 Å². The minimum Gasteiger partial charge on any atom is -0.331 e. The van der Waals surface area contributed by atoms with Gasteiger partial charge in [0.2, 0.25) is 5.91 Å². The zero-order valence-corrected chi connectivity index (χ0v) is 23.5. The van der Waals surface area contributed by atoms with E-state index in [9.17, 15) is 18.4 Å². The first kappa shape index (κ1) is 26.9. The van der Waals surface area contributed by atoms with Gasteiger partial charge in [-0.15, -0.1) is 11.8 Å². The molecule has 4 unspecified atom stereocenters. The van der Waals surface area contributed by atoms with Crippen molar-refractivity contribution in [3.05, 3.63) is 100 Å². The first-order chi connectivity index (χ1) is 19.4. The van der Waals surface area contributed by atoms with E-state index in [0.717, 1.165) is 27.0 Å². The van der Waals surface area contributed by atoms with Crippen LogP contribution in [-0.2, 0) is 9.59 Å². The molecule has 0 aliphatic carbocycles. The average Bonchev–Trinajstić information content (AvgIpc) is 3.59. The van der Waals surface area contributed by atoms with Gasteiger partial charge in [-0.05, 0) is 59.7 Å². The summed E-state index contributed by atoms with van der Waals surface area (Å²) in [6.45, 7) is 0.428. The SMILES string of the molecule is O=C1NC(SCC(=O)N2N=C(c3ccc(Br)cc3)CC2c2ccc(F)cc2)NC2C1CNN2c1ccc(F)cc1. The molecule has 6 rings (SSSR count). The molecule has 0 bridgehead atoms. The van der Waals surface area contributed by atoms with Crippen LogP contribution in [0.1, 0.15) is 23.6 Å². The van der Waals surface area contributed by atoms with Crippen molar-refractivity contribution >= 4 is 50.9 Å². The third kappa shape index (κ3) is 5.49. The third-order valence-corrected chi connectivity index (χ3v) is 8.68. The Morgan fingerprint density at radius 1 is 1.00 bits per heavy atom. The minimum atomic E-state index is -0.526. The van der Waals surface area contributed by atoms with Gasteiger partial charge < -0.3 is 5.32 Å². The second kappa shape index (κ2) is 11.3. The van der Waals surface area contributed by atoms with Crippen LogP contribution in [0.4, 0.5) is 14.5 Å². The van der Waals surface area contributed by atoms with Crippen LogP contribution in [0.2, 0.25) is 0 Å². The molecule has 0 spiro atoms. The van der Waals surface area contributed by atoms with E-state index >= 15 is 0 Å². The van der Waals surface area contributed by atoms with E-state index in [4.69, 9.17) is 0 Å². The number of hydrazone groups is 1. The number of halogens is 3. The van der Waals surface area contributed by atoms with Gasteiger partial charge in [-0.25, -0.2) is 19.2 Å². The maximum Gasteiger partial charge on any atom is 0.253 e. The topological polar surface area (TPSA) is 89.1 Å². The van der Waals surface area contributed by atoms with E-state index in [0.29, 0.717) is 13.0 Å². The molecule has 3 aliphatic heterocycles. The predicted molar refractivity (Wildman–Crippen MR) is 153 cm³/mol. The zero-order valence-electron chi connectivity index (χ0n) is 21.1. The zero-order chi connectivity index (χ0) is 27.8. The van der Waals surface area contributed by atoms with Crippen molar-refractivity contribution in [1.29, 1.82) is 0 Å². The van der Waals surface area contributed by atoms with E-state index in [1.807, 2.05) is 29.3 Å². The summed E-state index contributed by atoms with van der Waals surface area (Å²) in [6.07, 6.45) is 0.122. The third-order valence-electron chi connectivity index (χ3n) is 7.15. The number of hydrogen-bond donors (Lipinski definition) is 3. The minimum absolute atomic E-state index is 0.0497. The lowest BCUT2D eigenvalue weighted by molar-refractivity contribution is -0.130. The number of anilines is 1. The molecule has 3 aromatic carbocycles. The van der Waals surface area contributed by atoms with Crippen LogP contribution in [-0.4, -0.2) is 46.5 Å². The lowest BCUT2D eigenvalue weighted by Gasteiger charge is -2.37. The Labute approximate surface area is 242 Å². The lowest BCUT2D eigenvalue weighted by Crippen LogP contribution is -2.63. The molecule has 0 saturated carbocycles. The fourth-order valence-corrected chi connectivity index (χ4v) is 6.25. The standard InChI is InChI=1S/C28H25BrF2N6O2S/c29-18-5-1-16(2-6-18)23-13-24(17-3-7-19(30)8-4-17)37(35-23)25(38)15-40-28-33-26-22(27(39)34-28)14-32-36(26)21-11-9-20(31)10-12-21/h1-12,22,24,26,28,32-33H,13-15H2,(H,34,39). The normalized spacial score (nSPS) is 24.1. The second-order valence-electron chi connectivity index (χ2n) is 9.69. The number of hydrogen-bond acceptors (Lipinski definition) is 7. The molecule has 206 valence electrons. The van der Waals surface area contributed by atoms with Gasteiger partial charge in [-0.3, -0.25) is 19.9 Å². The highest BCUT2D eigenvalue weighted by Gasteiger charge is 2.44. The van der Waals surface area contributed by atoms with Crippen molar-refractivity contribution in [2.75, 3.05) is 17.3 Å². The van der Waals surface area contributed by atoms with Crippen molar-refractivity contribution in [1.82, 2.24) is 21.1 Å². The summed E-state index contributed by atoms with van der Waals surface area (Å²) in [6, 6.07) is 19.5. The van der Waals surface area contributed by atoms with Gasteiger partial charge in [0, 0.05) is 17.4 Å². The number of rotatable bonds is 6. The highest BCUT2D eigenvalue weighted by molar-refractivity contribution is 9.10. The number of nitrogens with one attached hydrogen (secondary N) is 3. The Morgan fingerprint density at radius 2 is 1.68 bits per heavy atom. The molecule has 0 radical (unpaired) electrons. The average molecular weight is 628 g/mol. The number of carbonyl (C=O) groups is 2. The quantitative estimate of drug-likeness (QED) is 0.382. The molecular weight excluding hydrogens is 602 g/mol. The van der Waals surface area contributed by atoms with Crippen LogP contribution >= 0.6 is 27.7 Å². The Balaban J connectivity index is 1.17. The fourth-order valence-electron chi connectivity index (χ4n) is 5.11. The summed E-state index contributed by atoms with van der Waals surface area (Å²) in [5.41, 5.74) is 5.86. The van der Waals surface area contributed by atoms with Gasteiger partial charge in [-0.1, -0.05) is 40.2 Å². The lowest BCUT2D eigenvalue weighted by atomic mass is 9.98. The smallest absolute Gasteiger partial charge is 0.253 e. The first-order valence-corrected chi connectivity index (χ1v) is 14.6. The van der Waals surface area contributed by atoms with E-state index in [1.54, 1.807) is 24.3 Å². The van der Waals surface area contributed by atoms with Crippen molar-refractivity contribution in [3.63, 3.8) is 0 Å². The van der Waals surface area contributed by atoms with E-state index < -0.39 is 5.50 Å². The first-order valence-electron chi connectivity index (χ1n) is 12.7. The number of amides is 2. The van der Waals surface area contributed by atoms with Gasteiger partial charge >= 0.3 is 0 Å². The monoisotopic (exact) mass is 626 g/mol. The molecule has 0 aromatic heterocycles. The maximum atomic E-state index is 13.6. The summed E-state index contributed by atoms with van der Waals surface area (Å²) < 4.78 is 28.0. The van der Waals surface area contributed by atoms with E-state index in [-0.39, 0.29) is 47.3 Å². The highest BCUT2D eigenvalue weighted by Crippen LogP contribution is 2.34. The molecule has 2 fully saturated rings. The van der Waals surface area contributed by atoms with Gasteiger partial charge in [0.15, 0.2) is 0 Å². The molecule has 2 amide bonds. The number of benzene rings is 3. The van der Waals surface area contributed by atoms with Crippen LogP contribution in [0.25, 0.3) is 0 Å². The summed E-state index contributed by atoms with van der Waals surface area (Å²) in [5.74, 6) is -1.35. The number of fused-ring (bicyclic) bond motifs is 1. The summed E-state index contributed by atoms with van der Waals surface area (Å²) >= 11 is 4.70. The van der Waals surface area contributed by atoms with Crippen LogP contribution in [0.15, 0.2) is 82.4 Å². The number of carbonyl (C=O) groups excluding carboxylic acids is 2. The maximum absolute atomic E-state index is 13.6. The summed E-state index contributed by atoms with van der Waals surface area (Å²) in [5, 5.41) is 14.3. The largest absolute Gasteiger partial charge is 0.331 e. The molecule has 12 heteroatoms. The number of hydrazine groups is 1. The Hall–Kier alpha value is -3.32. The molecular formula is C28H25BrF2N6O2S. The summed E-state index contributed by atoms with van der Waals surface area (Å²) in [4.78, 5) is 26.4.